The minimum absolute atomic E-state index is 0.588. The molecule has 3 atom stereocenters. The maximum absolute atomic E-state index is 5.77. The molecule has 0 unspecified atom stereocenters. The van der Waals surface area contributed by atoms with Gasteiger partial charge in [0.2, 0.25) is 0 Å². The Morgan fingerprint density at radius 1 is 1.36 bits per heavy atom. The van der Waals surface area contributed by atoms with E-state index in [2.05, 4.69) is 16.4 Å². The Morgan fingerprint density at radius 2 is 2.29 bits per heavy atom. The lowest BCUT2D eigenvalue weighted by Gasteiger charge is -2.19. The van der Waals surface area contributed by atoms with Crippen molar-refractivity contribution in [1.29, 1.82) is 0 Å². The van der Waals surface area contributed by atoms with Gasteiger partial charge in [0.15, 0.2) is 0 Å². The van der Waals surface area contributed by atoms with E-state index in [9.17, 15) is 0 Å². The molecule has 2 saturated heterocycles. The normalized spacial score (nSPS) is 35.1. The predicted molar refractivity (Wildman–Crippen MR) is 56.6 cm³/mol. The molecule has 0 aromatic carbocycles. The molecule has 2 aliphatic rings. The Balaban J connectivity index is 1.86. The van der Waals surface area contributed by atoms with Gasteiger partial charge in [-0.25, -0.2) is 4.98 Å². The highest BCUT2D eigenvalue weighted by Gasteiger charge is 2.39. The van der Waals surface area contributed by atoms with Gasteiger partial charge in [-0.15, -0.1) is 0 Å². The molecular formula is C11H13ClN2. The summed E-state index contributed by atoms with van der Waals surface area (Å²) in [6.07, 6.45) is 5.86. The van der Waals surface area contributed by atoms with Gasteiger partial charge in [-0.3, -0.25) is 0 Å². The molecule has 0 aliphatic carbocycles. The molecule has 0 radical (unpaired) electrons. The average Bonchev–Trinajstić information content (AvgIpc) is 2.80. The lowest BCUT2D eigenvalue weighted by atomic mass is 9.85. The molecule has 3 heteroatoms. The first-order valence-electron chi connectivity index (χ1n) is 5.20. The van der Waals surface area contributed by atoms with Crippen LogP contribution in [0.2, 0.25) is 5.15 Å². The van der Waals surface area contributed by atoms with Crippen molar-refractivity contribution in [3.05, 3.63) is 29.0 Å². The van der Waals surface area contributed by atoms with Gasteiger partial charge in [-0.1, -0.05) is 17.7 Å². The van der Waals surface area contributed by atoms with E-state index in [0.29, 0.717) is 17.1 Å². The van der Waals surface area contributed by atoms with E-state index in [1.807, 2.05) is 12.3 Å². The quantitative estimate of drug-likeness (QED) is 0.717. The molecule has 1 aromatic heterocycles. The van der Waals surface area contributed by atoms with Crippen LogP contribution in [0.3, 0.4) is 0 Å². The largest absolute Gasteiger partial charge is 0.311 e. The number of aromatic nitrogens is 1. The van der Waals surface area contributed by atoms with Crippen LogP contribution in [-0.4, -0.2) is 17.1 Å². The van der Waals surface area contributed by atoms with E-state index in [0.717, 1.165) is 6.04 Å². The zero-order valence-electron chi connectivity index (χ0n) is 7.91. The van der Waals surface area contributed by atoms with Crippen molar-refractivity contribution < 1.29 is 0 Å². The minimum Gasteiger partial charge on any atom is -0.311 e. The number of fused-ring (bicyclic) bond motifs is 2. The molecule has 74 valence electrons. The van der Waals surface area contributed by atoms with Crippen molar-refractivity contribution in [2.75, 3.05) is 0 Å². The molecule has 1 N–H and O–H groups in total. The van der Waals surface area contributed by atoms with Gasteiger partial charge in [0, 0.05) is 24.2 Å². The minimum atomic E-state index is 0.588. The number of hydrogen-bond acceptors (Lipinski definition) is 2. The maximum Gasteiger partial charge on any atom is 0.129 e. The predicted octanol–water partition coefficient (Wildman–Crippen LogP) is 2.34. The van der Waals surface area contributed by atoms with Gasteiger partial charge < -0.3 is 5.32 Å². The Kier molecular flexibility index (Phi) is 1.99. The van der Waals surface area contributed by atoms with Crippen molar-refractivity contribution in [1.82, 2.24) is 10.3 Å². The second kappa shape index (κ2) is 3.21. The summed E-state index contributed by atoms with van der Waals surface area (Å²) in [6, 6.07) is 5.44. The third-order valence-electron chi connectivity index (χ3n) is 3.48. The summed E-state index contributed by atoms with van der Waals surface area (Å²) in [7, 11) is 0. The summed E-state index contributed by atoms with van der Waals surface area (Å²) in [5.41, 5.74) is 1.34. The van der Waals surface area contributed by atoms with E-state index in [1.54, 1.807) is 0 Å². The van der Waals surface area contributed by atoms with Crippen molar-refractivity contribution in [2.24, 2.45) is 0 Å². The number of halogens is 1. The third kappa shape index (κ3) is 1.33. The highest BCUT2D eigenvalue weighted by atomic mass is 35.5. The molecule has 0 amide bonds. The van der Waals surface area contributed by atoms with Crippen LogP contribution in [0, 0.1) is 0 Å². The molecule has 2 aliphatic heterocycles. The fourth-order valence-electron chi connectivity index (χ4n) is 2.80. The number of nitrogens with zero attached hydrogens (tertiary/aromatic N) is 1. The lowest BCUT2D eigenvalue weighted by Crippen LogP contribution is -2.21. The lowest BCUT2D eigenvalue weighted by molar-refractivity contribution is 0.505. The van der Waals surface area contributed by atoms with Crippen molar-refractivity contribution >= 4 is 11.6 Å². The second-order valence-electron chi connectivity index (χ2n) is 4.30. The van der Waals surface area contributed by atoms with E-state index in [-0.39, 0.29) is 0 Å². The van der Waals surface area contributed by atoms with Gasteiger partial charge in [0.05, 0.1) is 0 Å². The molecule has 3 heterocycles. The van der Waals surface area contributed by atoms with Crippen LogP contribution in [0.4, 0.5) is 0 Å². The summed E-state index contributed by atoms with van der Waals surface area (Å²) in [5, 5.41) is 4.22. The Hall–Kier alpha value is -0.600. The Labute approximate surface area is 88.7 Å². The third-order valence-corrected chi connectivity index (χ3v) is 3.70. The van der Waals surface area contributed by atoms with E-state index >= 15 is 0 Å². The van der Waals surface area contributed by atoms with Gasteiger partial charge >= 0.3 is 0 Å². The van der Waals surface area contributed by atoms with Crippen molar-refractivity contribution in [3.8, 4) is 0 Å². The summed E-state index contributed by atoms with van der Waals surface area (Å²) in [5.74, 6) is 0.665. The molecule has 2 nitrogen and oxygen atoms in total. The first-order chi connectivity index (χ1) is 6.83. The molecular weight excluding hydrogens is 196 g/mol. The summed E-state index contributed by atoms with van der Waals surface area (Å²) in [6.45, 7) is 0. The van der Waals surface area contributed by atoms with Crippen LogP contribution < -0.4 is 5.32 Å². The van der Waals surface area contributed by atoms with Crippen LogP contribution in [0.5, 0.6) is 0 Å². The van der Waals surface area contributed by atoms with Crippen molar-refractivity contribution in [2.45, 2.75) is 37.3 Å². The highest BCUT2D eigenvalue weighted by Crippen LogP contribution is 2.39. The summed E-state index contributed by atoms with van der Waals surface area (Å²) < 4.78 is 0. The standard InChI is InChI=1S/C11H13ClN2/c12-11-4-1-7(6-13-11)9-5-8-2-3-10(9)14-8/h1,4,6,8-10,14H,2-3,5H2/t8-,9-,10+/m1/s1. The number of pyridine rings is 1. The average molecular weight is 209 g/mol. The zero-order valence-corrected chi connectivity index (χ0v) is 8.67. The van der Waals surface area contributed by atoms with E-state index in [1.165, 1.54) is 24.8 Å². The fraction of sp³-hybridized carbons (Fsp3) is 0.545. The van der Waals surface area contributed by atoms with Gasteiger partial charge in [0.1, 0.15) is 5.15 Å². The molecule has 2 bridgehead atoms. The first kappa shape index (κ1) is 8.69. The Morgan fingerprint density at radius 3 is 2.86 bits per heavy atom. The monoisotopic (exact) mass is 208 g/mol. The highest BCUT2D eigenvalue weighted by molar-refractivity contribution is 6.29. The zero-order chi connectivity index (χ0) is 9.54. The topological polar surface area (TPSA) is 24.9 Å². The maximum atomic E-state index is 5.77. The Bertz CT molecular complexity index is 336. The smallest absolute Gasteiger partial charge is 0.129 e. The van der Waals surface area contributed by atoms with Crippen LogP contribution in [0.25, 0.3) is 0 Å². The fourth-order valence-corrected chi connectivity index (χ4v) is 2.91. The molecule has 3 rings (SSSR count). The SMILES string of the molecule is Clc1ccc([C@H]2C[C@H]3CC[C@@H]2N3)cn1. The van der Waals surface area contributed by atoms with E-state index in [4.69, 9.17) is 11.6 Å². The van der Waals surface area contributed by atoms with Crippen LogP contribution in [-0.2, 0) is 0 Å². The molecule has 2 fully saturated rings. The number of rotatable bonds is 1. The van der Waals surface area contributed by atoms with E-state index < -0.39 is 0 Å². The van der Waals surface area contributed by atoms with Crippen LogP contribution >= 0.6 is 11.6 Å². The van der Waals surface area contributed by atoms with Crippen LogP contribution in [0.15, 0.2) is 18.3 Å². The van der Waals surface area contributed by atoms with Crippen molar-refractivity contribution in [3.63, 3.8) is 0 Å². The number of nitrogens with one attached hydrogen (secondary N) is 1. The molecule has 0 saturated carbocycles. The van der Waals surface area contributed by atoms with Gasteiger partial charge in [0.25, 0.3) is 0 Å². The number of hydrogen-bond donors (Lipinski definition) is 1. The molecule has 1 aromatic rings. The second-order valence-corrected chi connectivity index (χ2v) is 4.69. The molecule has 0 spiro atoms. The summed E-state index contributed by atoms with van der Waals surface area (Å²) in [4.78, 5) is 4.14. The van der Waals surface area contributed by atoms with Gasteiger partial charge in [-0.2, -0.15) is 0 Å². The summed E-state index contributed by atoms with van der Waals surface area (Å²) >= 11 is 5.77. The molecule has 14 heavy (non-hydrogen) atoms. The first-order valence-corrected chi connectivity index (χ1v) is 5.58. The van der Waals surface area contributed by atoms with Gasteiger partial charge in [-0.05, 0) is 30.9 Å². The van der Waals surface area contributed by atoms with Crippen LogP contribution in [0.1, 0.15) is 30.7 Å².